The van der Waals surface area contributed by atoms with Gasteiger partial charge in [0.1, 0.15) is 0 Å². The molecule has 0 radical (unpaired) electrons. The molecule has 0 aliphatic heterocycles. The van der Waals surface area contributed by atoms with Crippen LogP contribution in [0.5, 0.6) is 0 Å². The normalized spacial score (nSPS) is 10.9. The standard InChI is InChI=1S/C10H14Br2N2/c1-14(5-4-13)7-8-2-3-9(11)6-10(8)12/h2-3,6H,4-5,7,13H2,1H3. The maximum Gasteiger partial charge on any atom is 0.0242 e. The molecular weight excluding hydrogens is 308 g/mol. The van der Waals surface area contributed by atoms with Crippen LogP contribution in [0.25, 0.3) is 0 Å². The fourth-order valence-corrected chi connectivity index (χ4v) is 2.41. The quantitative estimate of drug-likeness (QED) is 0.923. The van der Waals surface area contributed by atoms with Crippen molar-refractivity contribution < 1.29 is 0 Å². The van der Waals surface area contributed by atoms with Crippen molar-refractivity contribution in [1.82, 2.24) is 4.90 Å². The Kier molecular flexibility index (Phi) is 5.09. The summed E-state index contributed by atoms with van der Waals surface area (Å²) in [7, 11) is 2.07. The summed E-state index contributed by atoms with van der Waals surface area (Å²) in [5, 5.41) is 0. The summed E-state index contributed by atoms with van der Waals surface area (Å²) in [5.74, 6) is 0. The van der Waals surface area contributed by atoms with Crippen molar-refractivity contribution in [3.05, 3.63) is 32.7 Å². The molecule has 0 unspecified atom stereocenters. The molecule has 1 aromatic rings. The van der Waals surface area contributed by atoms with E-state index < -0.39 is 0 Å². The molecule has 0 saturated carbocycles. The zero-order valence-electron chi connectivity index (χ0n) is 8.13. The van der Waals surface area contributed by atoms with E-state index in [4.69, 9.17) is 5.73 Å². The summed E-state index contributed by atoms with van der Waals surface area (Å²) >= 11 is 6.97. The van der Waals surface area contributed by atoms with Gasteiger partial charge < -0.3 is 10.6 Å². The third-order valence-electron chi connectivity index (χ3n) is 1.97. The van der Waals surface area contributed by atoms with Crippen LogP contribution in [0.15, 0.2) is 27.1 Å². The summed E-state index contributed by atoms with van der Waals surface area (Å²) in [4.78, 5) is 2.20. The van der Waals surface area contributed by atoms with Gasteiger partial charge in [-0.2, -0.15) is 0 Å². The first-order valence-electron chi connectivity index (χ1n) is 4.46. The minimum absolute atomic E-state index is 0.699. The number of likely N-dealkylation sites (N-methyl/N-ethyl adjacent to an activating group) is 1. The molecule has 0 aliphatic rings. The Hall–Kier alpha value is 0.1000. The highest BCUT2D eigenvalue weighted by Gasteiger charge is 2.03. The molecule has 0 saturated heterocycles. The Morgan fingerprint density at radius 1 is 1.36 bits per heavy atom. The van der Waals surface area contributed by atoms with Crippen LogP contribution in [0.2, 0.25) is 0 Å². The number of nitrogens with zero attached hydrogens (tertiary/aromatic N) is 1. The van der Waals surface area contributed by atoms with Crippen molar-refractivity contribution in [1.29, 1.82) is 0 Å². The molecule has 14 heavy (non-hydrogen) atoms. The van der Waals surface area contributed by atoms with Crippen molar-refractivity contribution in [3.63, 3.8) is 0 Å². The van der Waals surface area contributed by atoms with Crippen LogP contribution < -0.4 is 5.73 Å². The van der Waals surface area contributed by atoms with E-state index >= 15 is 0 Å². The number of nitrogens with two attached hydrogens (primary N) is 1. The second-order valence-corrected chi connectivity index (χ2v) is 5.03. The van der Waals surface area contributed by atoms with E-state index in [2.05, 4.69) is 62.0 Å². The number of hydrogen-bond acceptors (Lipinski definition) is 2. The maximum atomic E-state index is 5.48. The molecule has 78 valence electrons. The lowest BCUT2D eigenvalue weighted by atomic mass is 10.2. The summed E-state index contributed by atoms with van der Waals surface area (Å²) in [6.07, 6.45) is 0. The van der Waals surface area contributed by atoms with E-state index in [1.165, 1.54) is 5.56 Å². The molecule has 0 amide bonds. The molecule has 0 bridgehead atoms. The van der Waals surface area contributed by atoms with Crippen LogP contribution >= 0.6 is 31.9 Å². The third-order valence-corrected chi connectivity index (χ3v) is 3.20. The predicted octanol–water partition coefficient (Wildman–Crippen LogP) is 2.60. The molecule has 0 aliphatic carbocycles. The number of benzene rings is 1. The lowest BCUT2D eigenvalue weighted by Crippen LogP contribution is -2.25. The first-order valence-corrected chi connectivity index (χ1v) is 6.04. The lowest BCUT2D eigenvalue weighted by molar-refractivity contribution is 0.335. The van der Waals surface area contributed by atoms with Crippen LogP contribution in [0.4, 0.5) is 0 Å². The summed E-state index contributed by atoms with van der Waals surface area (Å²) < 4.78 is 2.23. The minimum atomic E-state index is 0.699. The van der Waals surface area contributed by atoms with Gasteiger partial charge in [0.15, 0.2) is 0 Å². The molecular formula is C10H14Br2N2. The van der Waals surface area contributed by atoms with Crippen molar-refractivity contribution in [2.45, 2.75) is 6.54 Å². The highest BCUT2D eigenvalue weighted by atomic mass is 79.9. The van der Waals surface area contributed by atoms with Crippen LogP contribution in [0.1, 0.15) is 5.56 Å². The van der Waals surface area contributed by atoms with E-state index in [1.54, 1.807) is 0 Å². The number of halogens is 2. The van der Waals surface area contributed by atoms with Gasteiger partial charge in [0, 0.05) is 28.6 Å². The van der Waals surface area contributed by atoms with E-state index in [1.807, 2.05) is 0 Å². The monoisotopic (exact) mass is 320 g/mol. The Bertz CT molecular complexity index is 302. The van der Waals surface area contributed by atoms with Gasteiger partial charge in [-0.15, -0.1) is 0 Å². The second-order valence-electron chi connectivity index (χ2n) is 3.26. The smallest absolute Gasteiger partial charge is 0.0242 e. The van der Waals surface area contributed by atoms with Gasteiger partial charge in [0.05, 0.1) is 0 Å². The summed E-state index contributed by atoms with van der Waals surface area (Å²) in [5.41, 5.74) is 6.77. The van der Waals surface area contributed by atoms with Crippen LogP contribution in [0.3, 0.4) is 0 Å². The van der Waals surface area contributed by atoms with E-state index in [9.17, 15) is 0 Å². The Balaban J connectivity index is 2.67. The topological polar surface area (TPSA) is 29.3 Å². The van der Waals surface area contributed by atoms with Crippen LogP contribution in [-0.4, -0.2) is 25.0 Å². The summed E-state index contributed by atoms with van der Waals surface area (Å²) in [6.45, 7) is 2.54. The SMILES string of the molecule is CN(CCN)Cc1ccc(Br)cc1Br. The van der Waals surface area contributed by atoms with Gasteiger partial charge in [0.25, 0.3) is 0 Å². The minimum Gasteiger partial charge on any atom is -0.329 e. The molecule has 1 rings (SSSR count). The summed E-state index contributed by atoms with van der Waals surface area (Å²) in [6, 6.07) is 6.23. The molecule has 0 atom stereocenters. The van der Waals surface area contributed by atoms with Crippen molar-refractivity contribution in [2.24, 2.45) is 5.73 Å². The van der Waals surface area contributed by atoms with Crippen molar-refractivity contribution in [2.75, 3.05) is 20.1 Å². The van der Waals surface area contributed by atoms with Crippen LogP contribution in [-0.2, 0) is 6.54 Å². The highest BCUT2D eigenvalue weighted by Crippen LogP contribution is 2.22. The lowest BCUT2D eigenvalue weighted by Gasteiger charge is -2.16. The molecule has 2 nitrogen and oxygen atoms in total. The van der Waals surface area contributed by atoms with Gasteiger partial charge in [0.2, 0.25) is 0 Å². The van der Waals surface area contributed by atoms with Gasteiger partial charge in [-0.25, -0.2) is 0 Å². The first kappa shape index (κ1) is 12.2. The molecule has 0 heterocycles. The average Bonchev–Trinajstić information content (AvgIpc) is 2.10. The fraction of sp³-hybridized carbons (Fsp3) is 0.400. The molecule has 1 aromatic carbocycles. The van der Waals surface area contributed by atoms with Gasteiger partial charge in [-0.05, 0) is 24.7 Å². The molecule has 0 aromatic heterocycles. The Labute approximate surface area is 102 Å². The van der Waals surface area contributed by atoms with E-state index in [-0.39, 0.29) is 0 Å². The zero-order valence-corrected chi connectivity index (χ0v) is 11.3. The second kappa shape index (κ2) is 5.85. The largest absolute Gasteiger partial charge is 0.329 e. The van der Waals surface area contributed by atoms with E-state index in [0.29, 0.717) is 6.54 Å². The highest BCUT2D eigenvalue weighted by molar-refractivity contribution is 9.11. The fourth-order valence-electron chi connectivity index (χ4n) is 1.24. The van der Waals surface area contributed by atoms with Crippen LogP contribution in [0, 0.1) is 0 Å². The van der Waals surface area contributed by atoms with Gasteiger partial charge in [-0.1, -0.05) is 37.9 Å². The first-order chi connectivity index (χ1) is 6.63. The number of rotatable bonds is 4. The van der Waals surface area contributed by atoms with Crippen molar-refractivity contribution >= 4 is 31.9 Å². The van der Waals surface area contributed by atoms with Crippen molar-refractivity contribution in [3.8, 4) is 0 Å². The Morgan fingerprint density at radius 2 is 2.07 bits per heavy atom. The molecule has 0 fully saturated rings. The zero-order chi connectivity index (χ0) is 10.6. The molecule has 0 spiro atoms. The maximum absolute atomic E-state index is 5.48. The average molecular weight is 322 g/mol. The predicted molar refractivity (Wildman–Crippen MR) is 67.2 cm³/mol. The molecule has 4 heteroatoms. The Morgan fingerprint density at radius 3 is 2.64 bits per heavy atom. The van der Waals surface area contributed by atoms with E-state index in [0.717, 1.165) is 22.0 Å². The molecule has 2 N–H and O–H groups in total. The van der Waals surface area contributed by atoms with Gasteiger partial charge in [-0.3, -0.25) is 0 Å². The number of hydrogen-bond donors (Lipinski definition) is 1. The third kappa shape index (κ3) is 3.69. The van der Waals surface area contributed by atoms with Gasteiger partial charge >= 0.3 is 0 Å².